The number of fused-ring (bicyclic) bond motifs is 1. The van der Waals surface area contributed by atoms with Gasteiger partial charge in [0.25, 0.3) is 0 Å². The topological polar surface area (TPSA) is 90.8 Å². The summed E-state index contributed by atoms with van der Waals surface area (Å²) in [5, 5.41) is 0. The summed E-state index contributed by atoms with van der Waals surface area (Å²) >= 11 is 0. The van der Waals surface area contributed by atoms with E-state index >= 15 is 0 Å². The number of nitrogens with zero attached hydrogens (tertiary/aromatic N) is 4. The van der Waals surface area contributed by atoms with E-state index in [2.05, 4.69) is 28.6 Å². The molecule has 150 valence electrons. The Morgan fingerprint density at radius 2 is 1.75 bits per heavy atom. The van der Waals surface area contributed by atoms with Crippen molar-refractivity contribution in [3.63, 3.8) is 0 Å². The molecule has 0 saturated heterocycles. The molecule has 2 aromatic heterocycles. The molecule has 0 amide bonds. The summed E-state index contributed by atoms with van der Waals surface area (Å²) < 4.78 is 3.01. The third-order valence-electron chi connectivity index (χ3n) is 5.32. The fraction of sp³-hybridized carbons (Fsp3) is 0.476. The van der Waals surface area contributed by atoms with Crippen LogP contribution in [0.25, 0.3) is 16.9 Å². The molecular formula is C21H30N6O. The van der Waals surface area contributed by atoms with E-state index in [1.165, 1.54) is 47.7 Å². The fourth-order valence-corrected chi connectivity index (χ4v) is 3.88. The molecule has 7 nitrogen and oxygen atoms in total. The third kappa shape index (κ3) is 4.18. The van der Waals surface area contributed by atoms with Crippen molar-refractivity contribution in [3.05, 3.63) is 48.2 Å². The minimum Gasteiger partial charge on any atom is -0.382 e. The number of nitrogens with one attached hydrogen (secondary N) is 1. The molecule has 1 fully saturated rings. The molecule has 1 aliphatic rings. The first-order valence-electron chi connectivity index (χ1n) is 10.1. The summed E-state index contributed by atoms with van der Waals surface area (Å²) in [7, 11) is 0. The summed E-state index contributed by atoms with van der Waals surface area (Å²) in [6.45, 7) is 7.53. The lowest BCUT2D eigenvalue weighted by atomic mass is 9.98. The quantitative estimate of drug-likeness (QED) is 0.767. The van der Waals surface area contributed by atoms with Gasteiger partial charge < -0.3 is 11.2 Å². The number of hydrogen-bond donors (Lipinski definition) is 2. The van der Waals surface area contributed by atoms with Crippen molar-refractivity contribution in [2.24, 2.45) is 0 Å². The van der Waals surface area contributed by atoms with E-state index in [1.807, 2.05) is 0 Å². The highest BCUT2D eigenvalue weighted by Gasteiger charge is 2.21. The third-order valence-corrected chi connectivity index (χ3v) is 5.32. The van der Waals surface area contributed by atoms with Gasteiger partial charge in [-0.3, -0.25) is 4.57 Å². The fourth-order valence-electron chi connectivity index (χ4n) is 3.88. The molecule has 28 heavy (non-hydrogen) atoms. The first-order valence-corrected chi connectivity index (χ1v) is 10.1. The number of anilines is 1. The molecule has 2 aromatic rings. The number of nitrogen functional groups attached to an aromatic ring is 1. The van der Waals surface area contributed by atoms with Crippen molar-refractivity contribution in [2.75, 3.05) is 11.2 Å². The maximum Gasteiger partial charge on any atom is 0.353 e. The molecule has 3 N–H and O–H groups in total. The summed E-state index contributed by atoms with van der Waals surface area (Å²) in [4.78, 5) is 21.7. The lowest BCUT2D eigenvalue weighted by Gasteiger charge is -2.21. The zero-order chi connectivity index (χ0) is 19.9. The maximum atomic E-state index is 13.3. The molecular weight excluding hydrogens is 352 g/mol. The summed E-state index contributed by atoms with van der Waals surface area (Å²) in [5.41, 5.74) is 10.8. The van der Waals surface area contributed by atoms with Gasteiger partial charge in [0, 0.05) is 6.04 Å². The molecule has 7 heteroatoms. The molecule has 0 atom stereocenters. The Morgan fingerprint density at radius 1 is 1.11 bits per heavy atom. The molecule has 1 saturated carbocycles. The van der Waals surface area contributed by atoms with E-state index in [1.54, 1.807) is 18.2 Å². The highest BCUT2D eigenvalue weighted by Crippen LogP contribution is 2.21. The van der Waals surface area contributed by atoms with Gasteiger partial charge >= 0.3 is 5.69 Å². The van der Waals surface area contributed by atoms with Crippen molar-refractivity contribution in [2.45, 2.75) is 63.8 Å². The first-order chi connectivity index (χ1) is 13.7. The van der Waals surface area contributed by atoms with Crippen molar-refractivity contribution < 1.29 is 0 Å². The van der Waals surface area contributed by atoms with Gasteiger partial charge in [0.1, 0.15) is 11.8 Å². The van der Waals surface area contributed by atoms with Gasteiger partial charge in [-0.2, -0.15) is 4.68 Å². The molecule has 2 heterocycles. The van der Waals surface area contributed by atoms with Gasteiger partial charge in [0.15, 0.2) is 11.5 Å². The van der Waals surface area contributed by atoms with Crippen LogP contribution in [0, 0.1) is 0 Å². The van der Waals surface area contributed by atoms with Crippen LogP contribution in [0.3, 0.4) is 0 Å². The number of hydrogen-bond acceptors (Lipinski definition) is 5. The monoisotopic (exact) mass is 382 g/mol. The van der Waals surface area contributed by atoms with Crippen molar-refractivity contribution in [1.29, 1.82) is 0 Å². The van der Waals surface area contributed by atoms with E-state index in [0.29, 0.717) is 16.9 Å². The highest BCUT2D eigenvalue weighted by molar-refractivity contribution is 5.86. The molecule has 0 bridgehead atoms. The number of allylic oxidation sites excluding steroid dienone is 4. The second-order valence-corrected chi connectivity index (χ2v) is 7.29. The number of rotatable bonds is 5. The Kier molecular flexibility index (Phi) is 6.68. The van der Waals surface area contributed by atoms with Crippen LogP contribution in [0.5, 0.6) is 0 Å². The van der Waals surface area contributed by atoms with Gasteiger partial charge in [-0.05, 0) is 25.0 Å². The van der Waals surface area contributed by atoms with Crippen LogP contribution in [-0.2, 0) is 0 Å². The Bertz CT molecular complexity index is 913. The van der Waals surface area contributed by atoms with E-state index in [0.717, 1.165) is 25.7 Å². The number of nitrogens with two attached hydrogens (primary N) is 1. The second-order valence-electron chi connectivity index (χ2n) is 7.29. The normalized spacial score (nSPS) is 17.4. The Morgan fingerprint density at radius 3 is 2.36 bits per heavy atom. The van der Waals surface area contributed by atoms with Crippen LogP contribution in [0.4, 0.5) is 5.82 Å². The number of imidazole rings is 1. The summed E-state index contributed by atoms with van der Waals surface area (Å²) in [6, 6.07) is 0.224. The minimum atomic E-state index is -0.257. The molecule has 0 aromatic carbocycles. The van der Waals surface area contributed by atoms with E-state index in [-0.39, 0.29) is 17.5 Å². The zero-order valence-corrected chi connectivity index (χ0v) is 16.4. The lowest BCUT2D eigenvalue weighted by Crippen LogP contribution is -2.36. The Labute approximate surface area is 165 Å². The SMILES string of the molecule is C=C/C=C(\C=C)n1c(=O)n(NC2CCCCCCCCC2)c2ncnc(N)c21. The van der Waals surface area contributed by atoms with Crippen molar-refractivity contribution in [3.8, 4) is 0 Å². The molecule has 0 aliphatic heterocycles. The standard InChI is InChI=1S/C21H30N6O/c1-3-12-17(4-2)26-18-19(22)23-15-24-20(18)27(21(26)28)25-16-13-10-8-6-5-7-9-11-14-16/h3-4,12,15-16,25H,1-2,5-11,13-14H2,(H2,22,23,24)/b17-12+. The molecule has 0 spiro atoms. The van der Waals surface area contributed by atoms with Gasteiger partial charge in [-0.1, -0.05) is 64.2 Å². The minimum absolute atomic E-state index is 0.224. The molecule has 1 aliphatic carbocycles. The highest BCUT2D eigenvalue weighted by atomic mass is 16.2. The van der Waals surface area contributed by atoms with Crippen molar-refractivity contribution >= 4 is 22.7 Å². The predicted octanol–water partition coefficient (Wildman–Crippen LogP) is 3.82. The summed E-state index contributed by atoms with van der Waals surface area (Å²) in [6.07, 6.45) is 17.1. The molecule has 0 unspecified atom stereocenters. The smallest absolute Gasteiger partial charge is 0.353 e. The average molecular weight is 383 g/mol. The Hall–Kier alpha value is -2.83. The lowest BCUT2D eigenvalue weighted by molar-refractivity contribution is 0.456. The van der Waals surface area contributed by atoms with E-state index in [4.69, 9.17) is 5.73 Å². The maximum absolute atomic E-state index is 13.3. The second kappa shape index (κ2) is 9.39. The number of aromatic nitrogens is 4. The van der Waals surface area contributed by atoms with E-state index < -0.39 is 0 Å². The van der Waals surface area contributed by atoms with Gasteiger partial charge in [0.05, 0.1) is 5.70 Å². The average Bonchev–Trinajstić information content (AvgIpc) is 2.98. The first kappa shape index (κ1) is 19.9. The summed E-state index contributed by atoms with van der Waals surface area (Å²) in [5.74, 6) is 0.255. The van der Waals surface area contributed by atoms with Crippen LogP contribution >= 0.6 is 0 Å². The van der Waals surface area contributed by atoms with Crippen LogP contribution in [0.15, 0.2) is 42.5 Å². The van der Waals surface area contributed by atoms with Crippen LogP contribution in [0.1, 0.15) is 57.8 Å². The molecule has 3 rings (SSSR count). The van der Waals surface area contributed by atoms with E-state index in [9.17, 15) is 4.79 Å². The van der Waals surface area contributed by atoms with Gasteiger partial charge in [0.2, 0.25) is 0 Å². The van der Waals surface area contributed by atoms with Crippen LogP contribution in [0.2, 0.25) is 0 Å². The van der Waals surface area contributed by atoms with Crippen LogP contribution < -0.4 is 16.8 Å². The molecule has 0 radical (unpaired) electrons. The van der Waals surface area contributed by atoms with Gasteiger partial charge in [-0.15, -0.1) is 0 Å². The van der Waals surface area contributed by atoms with Gasteiger partial charge in [-0.25, -0.2) is 14.8 Å². The largest absolute Gasteiger partial charge is 0.382 e. The predicted molar refractivity (Wildman–Crippen MR) is 116 cm³/mol. The Balaban J connectivity index is 2.03. The zero-order valence-electron chi connectivity index (χ0n) is 16.4. The van der Waals surface area contributed by atoms with Crippen LogP contribution in [-0.4, -0.2) is 25.3 Å². The van der Waals surface area contributed by atoms with Crippen molar-refractivity contribution in [1.82, 2.24) is 19.2 Å².